The maximum Gasteiger partial charge on any atom is 0.243 e. The van der Waals surface area contributed by atoms with E-state index in [1.165, 1.54) is 12.4 Å². The predicted octanol–water partition coefficient (Wildman–Crippen LogP) is 1.39. The van der Waals surface area contributed by atoms with E-state index < -0.39 is 10.0 Å². The van der Waals surface area contributed by atoms with Gasteiger partial charge >= 0.3 is 0 Å². The fourth-order valence-corrected chi connectivity index (χ4v) is 2.50. The molecule has 1 rings (SSSR count). The van der Waals surface area contributed by atoms with E-state index in [0.29, 0.717) is 25.6 Å². The number of nitrogens with one attached hydrogen (secondary N) is 2. The first-order valence-electron chi connectivity index (χ1n) is 7.13. The number of ether oxygens (including phenoxy) is 1. The molecular weight excluding hydrogens is 292 g/mol. The standard InChI is InChI=1S/C13H24N4O3S/c1-4-14-13-15-9-12(10-16-13)21(18,19)17-7-5-6-8-20-11(2)3/h9-11,17H,4-8H2,1-3H3,(H,14,15,16). The zero-order valence-electron chi connectivity index (χ0n) is 12.8. The van der Waals surface area contributed by atoms with Crippen molar-refractivity contribution in [2.24, 2.45) is 0 Å². The van der Waals surface area contributed by atoms with Gasteiger partial charge in [-0.25, -0.2) is 23.1 Å². The molecule has 0 saturated carbocycles. The first-order chi connectivity index (χ1) is 9.95. The molecule has 0 fully saturated rings. The Hall–Kier alpha value is -1.25. The fraction of sp³-hybridized carbons (Fsp3) is 0.692. The maximum absolute atomic E-state index is 12.0. The van der Waals surface area contributed by atoms with Gasteiger partial charge in [0.1, 0.15) is 4.90 Å². The lowest BCUT2D eigenvalue weighted by atomic mass is 10.3. The molecule has 7 nitrogen and oxygen atoms in total. The molecule has 120 valence electrons. The molecule has 0 radical (unpaired) electrons. The molecule has 0 unspecified atom stereocenters. The average Bonchev–Trinajstić information content (AvgIpc) is 2.43. The van der Waals surface area contributed by atoms with Gasteiger partial charge in [-0.1, -0.05) is 0 Å². The Morgan fingerprint density at radius 3 is 2.48 bits per heavy atom. The highest BCUT2D eigenvalue weighted by molar-refractivity contribution is 7.89. The molecule has 1 aromatic rings. The van der Waals surface area contributed by atoms with E-state index in [4.69, 9.17) is 4.74 Å². The summed E-state index contributed by atoms with van der Waals surface area (Å²) in [4.78, 5) is 7.97. The van der Waals surface area contributed by atoms with Gasteiger partial charge in [-0.15, -0.1) is 0 Å². The highest BCUT2D eigenvalue weighted by Crippen LogP contribution is 2.07. The van der Waals surface area contributed by atoms with Crippen molar-refractivity contribution in [3.63, 3.8) is 0 Å². The van der Waals surface area contributed by atoms with Crippen molar-refractivity contribution in [1.82, 2.24) is 14.7 Å². The number of rotatable bonds is 10. The van der Waals surface area contributed by atoms with Crippen LogP contribution in [0.1, 0.15) is 33.6 Å². The summed E-state index contributed by atoms with van der Waals surface area (Å²) >= 11 is 0. The highest BCUT2D eigenvalue weighted by Gasteiger charge is 2.14. The molecule has 0 aliphatic carbocycles. The van der Waals surface area contributed by atoms with Crippen LogP contribution in [0.15, 0.2) is 17.3 Å². The van der Waals surface area contributed by atoms with E-state index in [2.05, 4.69) is 20.0 Å². The van der Waals surface area contributed by atoms with Crippen LogP contribution < -0.4 is 10.0 Å². The molecule has 0 aromatic carbocycles. The third-order valence-corrected chi connectivity index (χ3v) is 4.00. The van der Waals surface area contributed by atoms with Gasteiger partial charge in [0.25, 0.3) is 0 Å². The summed E-state index contributed by atoms with van der Waals surface area (Å²) in [6, 6.07) is 0. The zero-order valence-corrected chi connectivity index (χ0v) is 13.6. The number of hydrogen-bond donors (Lipinski definition) is 2. The normalized spacial score (nSPS) is 11.8. The lowest BCUT2D eigenvalue weighted by Crippen LogP contribution is -2.25. The van der Waals surface area contributed by atoms with Gasteiger partial charge in [0.2, 0.25) is 16.0 Å². The monoisotopic (exact) mass is 316 g/mol. The number of anilines is 1. The smallest absolute Gasteiger partial charge is 0.243 e. The van der Waals surface area contributed by atoms with Crippen molar-refractivity contribution in [2.75, 3.05) is 25.0 Å². The number of sulfonamides is 1. The molecule has 0 aliphatic rings. The summed E-state index contributed by atoms with van der Waals surface area (Å²) in [7, 11) is -3.54. The van der Waals surface area contributed by atoms with E-state index in [-0.39, 0.29) is 11.0 Å². The van der Waals surface area contributed by atoms with E-state index in [1.54, 1.807) is 0 Å². The first-order valence-corrected chi connectivity index (χ1v) is 8.61. The van der Waals surface area contributed by atoms with E-state index in [1.807, 2.05) is 20.8 Å². The zero-order chi connectivity index (χ0) is 15.7. The quantitative estimate of drug-likeness (QED) is 0.634. The van der Waals surface area contributed by atoms with Gasteiger partial charge in [0.15, 0.2) is 0 Å². The molecular formula is C13H24N4O3S. The van der Waals surface area contributed by atoms with Crippen LogP contribution in [0.5, 0.6) is 0 Å². The summed E-state index contributed by atoms with van der Waals surface area (Å²) < 4.78 is 31.9. The molecule has 8 heteroatoms. The minimum Gasteiger partial charge on any atom is -0.379 e. The molecule has 0 aliphatic heterocycles. The van der Waals surface area contributed by atoms with Crippen LogP contribution in [0.4, 0.5) is 5.95 Å². The topological polar surface area (TPSA) is 93.2 Å². The van der Waals surface area contributed by atoms with Gasteiger partial charge in [0, 0.05) is 19.7 Å². The van der Waals surface area contributed by atoms with Crippen molar-refractivity contribution in [3.05, 3.63) is 12.4 Å². The molecule has 1 heterocycles. The van der Waals surface area contributed by atoms with Crippen molar-refractivity contribution in [3.8, 4) is 0 Å². The van der Waals surface area contributed by atoms with Crippen molar-refractivity contribution >= 4 is 16.0 Å². The average molecular weight is 316 g/mol. The van der Waals surface area contributed by atoms with Crippen molar-refractivity contribution in [1.29, 1.82) is 0 Å². The van der Waals surface area contributed by atoms with Gasteiger partial charge in [0.05, 0.1) is 18.5 Å². The second-order valence-corrected chi connectivity index (χ2v) is 6.56. The number of nitrogens with zero attached hydrogens (tertiary/aromatic N) is 2. The van der Waals surface area contributed by atoms with Crippen LogP contribution in [0.2, 0.25) is 0 Å². The first kappa shape index (κ1) is 17.8. The molecule has 0 saturated heterocycles. The van der Waals surface area contributed by atoms with Crippen LogP contribution in [-0.4, -0.2) is 44.2 Å². The van der Waals surface area contributed by atoms with Gasteiger partial charge in [-0.2, -0.15) is 0 Å². The second kappa shape index (κ2) is 8.91. The van der Waals surface area contributed by atoms with E-state index in [0.717, 1.165) is 12.8 Å². The SMILES string of the molecule is CCNc1ncc(S(=O)(=O)NCCCCOC(C)C)cn1. The third-order valence-electron chi connectivity index (χ3n) is 2.59. The minimum atomic E-state index is -3.54. The number of hydrogen-bond acceptors (Lipinski definition) is 6. The largest absolute Gasteiger partial charge is 0.379 e. The molecule has 0 spiro atoms. The van der Waals surface area contributed by atoms with E-state index >= 15 is 0 Å². The van der Waals surface area contributed by atoms with Gasteiger partial charge in [-0.3, -0.25) is 0 Å². The van der Waals surface area contributed by atoms with Gasteiger partial charge in [-0.05, 0) is 33.6 Å². The molecule has 21 heavy (non-hydrogen) atoms. The summed E-state index contributed by atoms with van der Waals surface area (Å²) in [5.74, 6) is 0.419. The molecule has 0 amide bonds. The third kappa shape index (κ3) is 6.83. The van der Waals surface area contributed by atoms with Crippen molar-refractivity contribution < 1.29 is 13.2 Å². The lowest BCUT2D eigenvalue weighted by Gasteiger charge is -2.08. The summed E-state index contributed by atoms with van der Waals surface area (Å²) in [5.41, 5.74) is 0. The fourth-order valence-electron chi connectivity index (χ4n) is 1.54. The lowest BCUT2D eigenvalue weighted by molar-refractivity contribution is 0.0762. The van der Waals surface area contributed by atoms with Crippen LogP contribution in [0.25, 0.3) is 0 Å². The van der Waals surface area contributed by atoms with Crippen LogP contribution in [-0.2, 0) is 14.8 Å². The van der Waals surface area contributed by atoms with Gasteiger partial charge < -0.3 is 10.1 Å². The van der Waals surface area contributed by atoms with E-state index in [9.17, 15) is 8.42 Å². The Morgan fingerprint density at radius 2 is 1.90 bits per heavy atom. The van der Waals surface area contributed by atoms with Crippen LogP contribution in [0, 0.1) is 0 Å². The Balaban J connectivity index is 2.39. The van der Waals surface area contributed by atoms with Crippen molar-refractivity contribution in [2.45, 2.75) is 44.6 Å². The second-order valence-electron chi connectivity index (χ2n) is 4.80. The minimum absolute atomic E-state index is 0.0718. The molecule has 2 N–H and O–H groups in total. The molecule has 0 bridgehead atoms. The Kier molecular flexibility index (Phi) is 7.55. The summed E-state index contributed by atoms with van der Waals surface area (Å²) in [5, 5.41) is 2.91. The molecule has 0 atom stereocenters. The summed E-state index contributed by atoms with van der Waals surface area (Å²) in [6.07, 6.45) is 4.34. The molecule has 1 aromatic heterocycles. The van der Waals surface area contributed by atoms with Crippen LogP contribution >= 0.6 is 0 Å². The summed E-state index contributed by atoms with van der Waals surface area (Å²) in [6.45, 7) is 7.56. The predicted molar refractivity (Wildman–Crippen MR) is 81.7 cm³/mol. The number of aromatic nitrogens is 2. The number of unbranched alkanes of at least 4 members (excludes halogenated alkanes) is 1. The maximum atomic E-state index is 12.0. The Labute approximate surface area is 126 Å². The van der Waals surface area contributed by atoms with Crippen LogP contribution in [0.3, 0.4) is 0 Å². The Morgan fingerprint density at radius 1 is 1.24 bits per heavy atom. The Bertz CT molecular complexity index is 503. The highest BCUT2D eigenvalue weighted by atomic mass is 32.2.